The molecule has 1 amide bonds. The van der Waals surface area contributed by atoms with E-state index in [1.807, 2.05) is 17.0 Å². The summed E-state index contributed by atoms with van der Waals surface area (Å²) >= 11 is 20.4. The van der Waals surface area contributed by atoms with Crippen molar-refractivity contribution in [3.8, 4) is 10.9 Å². The average Bonchev–Trinajstić information content (AvgIpc) is 3.71. The van der Waals surface area contributed by atoms with E-state index in [-0.39, 0.29) is 48.0 Å². The lowest BCUT2D eigenvalue weighted by Gasteiger charge is -2.40. The number of halogens is 4. The summed E-state index contributed by atoms with van der Waals surface area (Å²) in [5.41, 5.74) is 3.31. The Labute approximate surface area is 262 Å². The molecule has 12 heteroatoms. The Bertz CT molecular complexity index is 1530. The third-order valence-electron chi connectivity index (χ3n) is 7.73. The van der Waals surface area contributed by atoms with E-state index in [0.717, 1.165) is 46.5 Å². The summed E-state index contributed by atoms with van der Waals surface area (Å²) < 4.78 is 25.5. The standard InChI is InChI=1S/C30H30Cl3FN4O3S/c1-16-5-8-22(34)28(26(16)32)40-9-10-41-30-36-14-24(42-30)20-11-18-12-35-13-23(37-18)25(20)29(39)38(19-6-7-19)15-17-3-2-4-21(31)27(17)33/h2-5,8,14,18-19,23,35,37H,6-7,9-13,15H2,1H3. The molecule has 2 aliphatic heterocycles. The van der Waals surface area contributed by atoms with Crippen LogP contribution in [0.3, 0.4) is 0 Å². The Morgan fingerprint density at radius 1 is 1.12 bits per heavy atom. The molecule has 2 bridgehead atoms. The van der Waals surface area contributed by atoms with Crippen molar-refractivity contribution in [2.75, 3.05) is 26.3 Å². The highest BCUT2D eigenvalue weighted by atomic mass is 35.5. The van der Waals surface area contributed by atoms with E-state index >= 15 is 0 Å². The average molecular weight is 652 g/mol. The van der Waals surface area contributed by atoms with Crippen molar-refractivity contribution < 1.29 is 18.7 Å². The number of nitrogens with one attached hydrogen (secondary N) is 2. The van der Waals surface area contributed by atoms with Gasteiger partial charge in [0, 0.05) is 43.5 Å². The van der Waals surface area contributed by atoms with Gasteiger partial charge in [-0.3, -0.25) is 4.79 Å². The molecule has 0 radical (unpaired) electrons. The second-order valence-electron chi connectivity index (χ2n) is 10.7. The van der Waals surface area contributed by atoms with Crippen LogP contribution in [0.15, 0.2) is 42.1 Å². The molecule has 3 heterocycles. The van der Waals surface area contributed by atoms with Crippen LogP contribution < -0.4 is 20.1 Å². The van der Waals surface area contributed by atoms with Gasteiger partial charge in [0.15, 0.2) is 11.6 Å². The van der Waals surface area contributed by atoms with Crippen molar-refractivity contribution in [2.24, 2.45) is 0 Å². The fraction of sp³-hybridized carbons (Fsp3) is 0.400. The summed E-state index contributed by atoms with van der Waals surface area (Å²) in [4.78, 5) is 21.6. The van der Waals surface area contributed by atoms with Crippen LogP contribution in [-0.2, 0) is 11.3 Å². The molecule has 1 saturated carbocycles. The van der Waals surface area contributed by atoms with Crippen LogP contribution in [0.2, 0.25) is 15.1 Å². The Balaban J connectivity index is 1.21. The van der Waals surface area contributed by atoms with E-state index in [9.17, 15) is 9.18 Å². The van der Waals surface area contributed by atoms with Gasteiger partial charge in [-0.15, -0.1) is 0 Å². The Kier molecular flexibility index (Phi) is 8.96. The second kappa shape index (κ2) is 12.7. The number of piperazine rings is 1. The maximum atomic E-state index is 14.3. The van der Waals surface area contributed by atoms with Gasteiger partial charge in [-0.1, -0.05) is 64.3 Å². The van der Waals surface area contributed by atoms with Crippen molar-refractivity contribution in [1.29, 1.82) is 0 Å². The number of thiazole rings is 1. The van der Waals surface area contributed by atoms with E-state index in [4.69, 9.17) is 44.3 Å². The molecule has 7 nitrogen and oxygen atoms in total. The Morgan fingerprint density at radius 3 is 2.74 bits per heavy atom. The molecule has 2 fully saturated rings. The molecule has 0 spiro atoms. The smallest absolute Gasteiger partial charge is 0.273 e. The summed E-state index contributed by atoms with van der Waals surface area (Å²) in [5, 5.41) is 8.77. The minimum absolute atomic E-state index is 0.00419. The number of carbonyl (C=O) groups is 1. The SMILES string of the molecule is Cc1ccc(F)c(OCCOc2ncc(C3=C(C(=O)N(Cc4cccc(Cl)c4Cl)C4CC4)C4CNCC(C3)N4)s2)c1Cl. The number of amides is 1. The third kappa shape index (κ3) is 6.27. The fourth-order valence-corrected chi connectivity index (χ4v) is 6.91. The van der Waals surface area contributed by atoms with Crippen LogP contribution >= 0.6 is 46.1 Å². The Hall–Kier alpha value is -2.40. The number of aromatic nitrogens is 1. The van der Waals surface area contributed by atoms with Crippen LogP contribution in [0.25, 0.3) is 5.57 Å². The number of benzene rings is 2. The highest BCUT2D eigenvalue weighted by molar-refractivity contribution is 7.14. The van der Waals surface area contributed by atoms with Crippen LogP contribution in [0.4, 0.5) is 4.39 Å². The zero-order valence-electron chi connectivity index (χ0n) is 22.9. The van der Waals surface area contributed by atoms with Gasteiger partial charge in [-0.2, -0.15) is 0 Å². The molecular weight excluding hydrogens is 622 g/mol. The maximum absolute atomic E-state index is 14.3. The quantitative estimate of drug-likeness (QED) is 0.251. The molecule has 2 aromatic carbocycles. The van der Waals surface area contributed by atoms with Gasteiger partial charge in [-0.25, -0.2) is 9.37 Å². The van der Waals surface area contributed by atoms with E-state index < -0.39 is 5.82 Å². The number of hydrogen-bond donors (Lipinski definition) is 2. The van der Waals surface area contributed by atoms with Crippen molar-refractivity contribution >= 4 is 57.6 Å². The fourth-order valence-electron chi connectivity index (χ4n) is 5.46. The largest absolute Gasteiger partial charge is 0.485 e. The molecule has 1 saturated heterocycles. The van der Waals surface area contributed by atoms with Gasteiger partial charge in [0.05, 0.1) is 26.0 Å². The predicted octanol–water partition coefficient (Wildman–Crippen LogP) is 6.29. The van der Waals surface area contributed by atoms with Gasteiger partial charge in [0.1, 0.15) is 13.2 Å². The Morgan fingerprint density at radius 2 is 1.93 bits per heavy atom. The summed E-state index contributed by atoms with van der Waals surface area (Å²) in [7, 11) is 0. The van der Waals surface area contributed by atoms with Gasteiger partial charge < -0.3 is 25.0 Å². The number of aryl methyl sites for hydroxylation is 1. The first-order valence-corrected chi connectivity index (χ1v) is 15.8. The molecule has 3 aromatic rings. The van der Waals surface area contributed by atoms with E-state index in [2.05, 4.69) is 15.6 Å². The van der Waals surface area contributed by atoms with Crippen molar-refractivity contribution in [1.82, 2.24) is 20.5 Å². The molecule has 2 unspecified atom stereocenters. The molecule has 222 valence electrons. The highest BCUT2D eigenvalue weighted by Crippen LogP contribution is 2.40. The van der Waals surface area contributed by atoms with Crippen LogP contribution in [0.5, 0.6) is 10.9 Å². The summed E-state index contributed by atoms with van der Waals surface area (Å²) in [6.07, 6.45) is 4.38. The van der Waals surface area contributed by atoms with Crippen molar-refractivity contribution in [3.63, 3.8) is 0 Å². The molecule has 2 atom stereocenters. The van der Waals surface area contributed by atoms with Gasteiger partial charge in [0.2, 0.25) is 0 Å². The van der Waals surface area contributed by atoms with Crippen molar-refractivity contribution in [2.45, 2.75) is 50.9 Å². The molecule has 1 aromatic heterocycles. The van der Waals surface area contributed by atoms with E-state index in [1.54, 1.807) is 25.3 Å². The molecule has 2 N–H and O–H groups in total. The molecule has 6 rings (SSSR count). The number of fused-ring (bicyclic) bond motifs is 2. The minimum Gasteiger partial charge on any atom is -0.485 e. The number of ether oxygens (including phenoxy) is 2. The summed E-state index contributed by atoms with van der Waals surface area (Å²) in [6.45, 7) is 3.93. The normalized spacial score (nSPS) is 20.0. The number of rotatable bonds is 10. The van der Waals surface area contributed by atoms with Crippen molar-refractivity contribution in [3.05, 3.63) is 79.0 Å². The third-order valence-corrected chi connectivity index (χ3v) is 10.0. The molecule has 3 aliphatic rings. The number of carbonyl (C=O) groups excluding carboxylic acids is 1. The molecular formula is C30H30Cl3FN4O3S. The van der Waals surface area contributed by atoms with E-state index in [0.29, 0.717) is 34.7 Å². The first-order valence-electron chi connectivity index (χ1n) is 13.9. The van der Waals surface area contributed by atoms with Gasteiger partial charge >= 0.3 is 0 Å². The minimum atomic E-state index is -0.518. The maximum Gasteiger partial charge on any atom is 0.273 e. The first kappa shape index (κ1) is 29.7. The first-order chi connectivity index (χ1) is 20.3. The molecule has 42 heavy (non-hydrogen) atoms. The lowest BCUT2D eigenvalue weighted by atomic mass is 9.86. The monoisotopic (exact) mass is 650 g/mol. The van der Waals surface area contributed by atoms with Gasteiger partial charge in [0.25, 0.3) is 11.1 Å². The van der Waals surface area contributed by atoms with Crippen LogP contribution in [-0.4, -0.2) is 60.2 Å². The number of hydrogen-bond acceptors (Lipinski definition) is 7. The van der Waals surface area contributed by atoms with Gasteiger partial charge in [-0.05, 0) is 55.0 Å². The van der Waals surface area contributed by atoms with Crippen LogP contribution in [0, 0.1) is 12.7 Å². The predicted molar refractivity (Wildman–Crippen MR) is 164 cm³/mol. The topological polar surface area (TPSA) is 75.7 Å². The lowest BCUT2D eigenvalue weighted by molar-refractivity contribution is -0.128. The number of nitrogens with zero attached hydrogens (tertiary/aromatic N) is 2. The second-order valence-corrected chi connectivity index (χ2v) is 12.9. The summed E-state index contributed by atoms with van der Waals surface area (Å²) in [5.74, 6) is -0.498. The summed E-state index contributed by atoms with van der Waals surface area (Å²) in [6, 6.07) is 8.72. The van der Waals surface area contributed by atoms with Crippen LogP contribution in [0.1, 0.15) is 35.3 Å². The zero-order chi connectivity index (χ0) is 29.4. The lowest BCUT2D eigenvalue weighted by Crippen LogP contribution is -2.59. The van der Waals surface area contributed by atoms with E-state index in [1.165, 1.54) is 17.4 Å². The molecule has 1 aliphatic carbocycles. The zero-order valence-corrected chi connectivity index (χ0v) is 26.0. The highest BCUT2D eigenvalue weighted by Gasteiger charge is 2.41.